The van der Waals surface area contributed by atoms with Crippen LogP contribution < -0.4 is 0 Å². The first-order valence-corrected chi connectivity index (χ1v) is 9.61. The van der Waals surface area contributed by atoms with Crippen LogP contribution in [0.2, 0.25) is 0 Å². The molecule has 0 unspecified atom stereocenters. The number of methoxy groups -OCH3 is 1. The summed E-state index contributed by atoms with van der Waals surface area (Å²) in [6, 6.07) is 2.11. The van der Waals surface area contributed by atoms with E-state index in [9.17, 15) is 4.79 Å². The number of thiophene rings is 1. The first-order valence-electron chi connectivity index (χ1n) is 8.73. The van der Waals surface area contributed by atoms with Crippen molar-refractivity contribution >= 4 is 29.5 Å². The predicted octanol–water partition coefficient (Wildman–Crippen LogP) is 6.42. The fourth-order valence-electron chi connectivity index (χ4n) is 3.29. The van der Waals surface area contributed by atoms with Gasteiger partial charge in [0.25, 0.3) is 0 Å². The lowest BCUT2D eigenvalue weighted by molar-refractivity contribution is -0.134. The van der Waals surface area contributed by atoms with Gasteiger partial charge >= 0.3 is 5.97 Å². The van der Waals surface area contributed by atoms with E-state index in [1.54, 1.807) is 11.3 Å². The maximum atomic E-state index is 11.3. The van der Waals surface area contributed by atoms with Crippen LogP contribution >= 0.6 is 11.3 Å². The number of rotatable bonds is 5. The van der Waals surface area contributed by atoms with E-state index in [-0.39, 0.29) is 11.4 Å². The molecule has 0 saturated carbocycles. The maximum Gasteiger partial charge on any atom is 0.330 e. The normalized spacial score (nSPS) is 18.4. The minimum atomic E-state index is -0.325. The molecule has 0 amide bonds. The average Bonchev–Trinajstić information content (AvgIpc) is 2.99. The largest absolute Gasteiger partial charge is 0.466 e. The Balaban J connectivity index is 2.19. The zero-order chi connectivity index (χ0) is 18.4. The molecule has 0 bridgehead atoms. The molecule has 0 fully saturated rings. The summed E-state index contributed by atoms with van der Waals surface area (Å²) in [7, 11) is 1.39. The molecule has 0 radical (unpaired) electrons. The van der Waals surface area contributed by atoms with Crippen LogP contribution in [0.4, 0.5) is 0 Å². The standard InChI is InChI=1S/C22H28O2S/c1-16(15-21(23)24-5)8-9-18-12-14-25-20(18)11-10-19-17(2)7-6-13-22(19,3)4/h8-12,14-15H,6-7,13H2,1-5H3/b9-8+,11-10+,16-15+. The monoisotopic (exact) mass is 356 g/mol. The minimum Gasteiger partial charge on any atom is -0.466 e. The van der Waals surface area contributed by atoms with Crippen LogP contribution in [-0.4, -0.2) is 13.1 Å². The van der Waals surface area contributed by atoms with E-state index in [1.807, 2.05) is 13.0 Å². The summed E-state index contributed by atoms with van der Waals surface area (Å²) in [6.07, 6.45) is 13.8. The molecule has 2 rings (SSSR count). The second kappa shape index (κ2) is 8.48. The molecule has 1 aromatic heterocycles. The van der Waals surface area contributed by atoms with Gasteiger partial charge in [-0.05, 0) is 72.8 Å². The van der Waals surface area contributed by atoms with Gasteiger partial charge in [-0.15, -0.1) is 11.3 Å². The van der Waals surface area contributed by atoms with E-state index in [1.165, 1.54) is 54.0 Å². The Morgan fingerprint density at radius 3 is 2.72 bits per heavy atom. The van der Waals surface area contributed by atoms with E-state index in [0.717, 1.165) is 5.57 Å². The van der Waals surface area contributed by atoms with Crippen molar-refractivity contribution in [2.75, 3.05) is 7.11 Å². The molecule has 2 nitrogen and oxygen atoms in total. The highest BCUT2D eigenvalue weighted by Gasteiger charge is 2.26. The zero-order valence-electron chi connectivity index (χ0n) is 15.9. The Kier molecular flexibility index (Phi) is 6.60. The van der Waals surface area contributed by atoms with Crippen molar-refractivity contribution in [2.24, 2.45) is 5.41 Å². The van der Waals surface area contributed by atoms with Gasteiger partial charge in [0.15, 0.2) is 0 Å². The van der Waals surface area contributed by atoms with Crippen LogP contribution in [0.15, 0.2) is 46.4 Å². The number of carbonyl (C=O) groups excluding carboxylic acids is 1. The molecule has 1 aromatic rings. The summed E-state index contributed by atoms with van der Waals surface area (Å²) in [5.41, 5.74) is 5.29. The smallest absolute Gasteiger partial charge is 0.330 e. The Labute approximate surface area is 155 Å². The fourth-order valence-corrected chi connectivity index (χ4v) is 4.07. The van der Waals surface area contributed by atoms with Crippen molar-refractivity contribution in [1.82, 2.24) is 0 Å². The van der Waals surface area contributed by atoms with Gasteiger partial charge in [-0.3, -0.25) is 0 Å². The van der Waals surface area contributed by atoms with Gasteiger partial charge in [0.2, 0.25) is 0 Å². The zero-order valence-corrected chi connectivity index (χ0v) is 16.7. The molecule has 0 N–H and O–H groups in total. The Morgan fingerprint density at radius 1 is 1.28 bits per heavy atom. The SMILES string of the molecule is COC(=O)/C=C(C)/C=C/c1ccsc1/C=C/C1=C(C)CCCC1(C)C. The molecule has 0 spiro atoms. The van der Waals surface area contributed by atoms with Gasteiger partial charge in [-0.25, -0.2) is 4.79 Å². The number of carbonyl (C=O) groups is 1. The molecule has 25 heavy (non-hydrogen) atoms. The van der Waals surface area contributed by atoms with Crippen LogP contribution in [0.1, 0.15) is 57.4 Å². The highest BCUT2D eigenvalue weighted by atomic mass is 32.1. The van der Waals surface area contributed by atoms with Gasteiger partial charge < -0.3 is 4.74 Å². The molecule has 0 aliphatic heterocycles. The van der Waals surface area contributed by atoms with Crippen molar-refractivity contribution in [3.63, 3.8) is 0 Å². The molecular formula is C22H28O2S. The van der Waals surface area contributed by atoms with Crippen molar-refractivity contribution < 1.29 is 9.53 Å². The van der Waals surface area contributed by atoms with Crippen molar-refractivity contribution in [3.05, 3.63) is 56.8 Å². The number of allylic oxidation sites excluding steroid dienone is 5. The Bertz CT molecular complexity index is 742. The molecule has 3 heteroatoms. The first-order chi connectivity index (χ1) is 11.8. The first kappa shape index (κ1) is 19.5. The number of ether oxygens (including phenoxy) is 1. The molecule has 1 aliphatic rings. The summed E-state index contributed by atoms with van der Waals surface area (Å²) >= 11 is 1.74. The second-order valence-electron chi connectivity index (χ2n) is 7.25. The third kappa shape index (κ3) is 5.30. The summed E-state index contributed by atoms with van der Waals surface area (Å²) in [5.74, 6) is -0.325. The lowest BCUT2D eigenvalue weighted by Crippen LogP contribution is -2.18. The van der Waals surface area contributed by atoms with Crippen LogP contribution in [0.3, 0.4) is 0 Å². The molecule has 0 saturated heterocycles. The molecule has 0 aromatic carbocycles. The Morgan fingerprint density at radius 2 is 2.04 bits per heavy atom. The minimum absolute atomic E-state index is 0.256. The summed E-state index contributed by atoms with van der Waals surface area (Å²) in [4.78, 5) is 12.5. The van der Waals surface area contributed by atoms with Crippen LogP contribution in [0.5, 0.6) is 0 Å². The van der Waals surface area contributed by atoms with Gasteiger partial charge in [0.1, 0.15) is 0 Å². The van der Waals surface area contributed by atoms with E-state index >= 15 is 0 Å². The fraction of sp³-hybridized carbons (Fsp3) is 0.409. The van der Waals surface area contributed by atoms with Gasteiger partial charge in [-0.2, -0.15) is 0 Å². The molecule has 0 atom stereocenters. The average molecular weight is 357 g/mol. The van der Waals surface area contributed by atoms with Gasteiger partial charge in [-0.1, -0.05) is 37.6 Å². The maximum absolute atomic E-state index is 11.3. The van der Waals surface area contributed by atoms with Crippen molar-refractivity contribution in [2.45, 2.75) is 47.0 Å². The second-order valence-corrected chi connectivity index (χ2v) is 8.20. The topological polar surface area (TPSA) is 26.3 Å². The number of hydrogen-bond acceptors (Lipinski definition) is 3. The summed E-state index contributed by atoms with van der Waals surface area (Å²) in [6.45, 7) is 8.84. The molecule has 1 heterocycles. The van der Waals surface area contributed by atoms with Crippen molar-refractivity contribution in [3.8, 4) is 0 Å². The van der Waals surface area contributed by atoms with Crippen LogP contribution in [-0.2, 0) is 9.53 Å². The molecule has 1 aliphatic carbocycles. The lowest BCUT2D eigenvalue weighted by Gasteiger charge is -2.32. The number of hydrogen-bond donors (Lipinski definition) is 0. The molecular weight excluding hydrogens is 328 g/mol. The quantitative estimate of drug-likeness (QED) is 0.346. The van der Waals surface area contributed by atoms with Crippen LogP contribution in [0, 0.1) is 5.41 Å². The number of esters is 1. The summed E-state index contributed by atoms with van der Waals surface area (Å²) in [5, 5.41) is 2.10. The van der Waals surface area contributed by atoms with E-state index < -0.39 is 0 Å². The van der Waals surface area contributed by atoms with Crippen molar-refractivity contribution in [1.29, 1.82) is 0 Å². The van der Waals surface area contributed by atoms with E-state index in [4.69, 9.17) is 0 Å². The third-order valence-electron chi connectivity index (χ3n) is 4.74. The lowest BCUT2D eigenvalue weighted by atomic mass is 9.72. The predicted molar refractivity (Wildman–Crippen MR) is 108 cm³/mol. The van der Waals surface area contributed by atoms with Gasteiger partial charge in [0, 0.05) is 11.0 Å². The Hall–Kier alpha value is -1.87. The summed E-state index contributed by atoms with van der Waals surface area (Å²) < 4.78 is 4.65. The molecule has 134 valence electrons. The van der Waals surface area contributed by atoms with Gasteiger partial charge in [0.05, 0.1) is 7.11 Å². The van der Waals surface area contributed by atoms with E-state index in [0.29, 0.717) is 0 Å². The third-order valence-corrected chi connectivity index (χ3v) is 5.64. The highest BCUT2D eigenvalue weighted by molar-refractivity contribution is 7.11. The highest BCUT2D eigenvalue weighted by Crippen LogP contribution is 2.41. The van der Waals surface area contributed by atoms with Crippen LogP contribution in [0.25, 0.3) is 12.2 Å². The van der Waals surface area contributed by atoms with E-state index in [2.05, 4.69) is 55.2 Å².